The molecule has 0 radical (unpaired) electrons. The normalized spacial score (nSPS) is 9.65. The molecule has 1 amide bonds. The Morgan fingerprint density at radius 3 is 2.88 bits per heavy atom. The molecule has 0 spiro atoms. The monoisotopic (exact) mass is 245 g/mol. The molecule has 2 heterocycles. The molecule has 7 heteroatoms. The number of aromatic nitrogens is 3. The summed E-state index contributed by atoms with van der Waals surface area (Å²) in [7, 11) is 0. The SMILES string of the molecule is Cc1nsc(NC(=O)c2ccc(C#N)cn2)n1. The maximum Gasteiger partial charge on any atom is 0.276 e. The van der Waals surface area contributed by atoms with Crippen LogP contribution < -0.4 is 5.32 Å². The predicted molar refractivity (Wildman–Crippen MR) is 61.6 cm³/mol. The molecule has 0 bridgehead atoms. The van der Waals surface area contributed by atoms with E-state index in [-0.39, 0.29) is 11.6 Å². The van der Waals surface area contributed by atoms with Crippen molar-refractivity contribution in [1.29, 1.82) is 5.26 Å². The Morgan fingerprint density at radius 2 is 2.35 bits per heavy atom. The van der Waals surface area contributed by atoms with E-state index in [4.69, 9.17) is 5.26 Å². The average molecular weight is 245 g/mol. The van der Waals surface area contributed by atoms with Crippen molar-refractivity contribution < 1.29 is 4.79 Å². The summed E-state index contributed by atoms with van der Waals surface area (Å²) in [6.45, 7) is 1.74. The molecule has 0 aliphatic carbocycles. The zero-order chi connectivity index (χ0) is 12.3. The number of anilines is 1. The van der Waals surface area contributed by atoms with Crippen molar-refractivity contribution in [3.63, 3.8) is 0 Å². The van der Waals surface area contributed by atoms with Gasteiger partial charge in [-0.05, 0) is 19.1 Å². The van der Waals surface area contributed by atoms with Crippen molar-refractivity contribution >= 4 is 22.6 Å². The Hall–Kier alpha value is -2.33. The summed E-state index contributed by atoms with van der Waals surface area (Å²) >= 11 is 1.11. The summed E-state index contributed by atoms with van der Waals surface area (Å²) in [6.07, 6.45) is 1.35. The van der Waals surface area contributed by atoms with Crippen LogP contribution in [0.15, 0.2) is 18.3 Å². The van der Waals surface area contributed by atoms with Gasteiger partial charge in [0.05, 0.1) is 5.56 Å². The van der Waals surface area contributed by atoms with E-state index in [2.05, 4.69) is 19.7 Å². The molecule has 2 aromatic heterocycles. The molecule has 0 aromatic carbocycles. The first-order chi connectivity index (χ1) is 8.19. The van der Waals surface area contributed by atoms with Crippen molar-refractivity contribution in [3.8, 4) is 6.07 Å². The minimum atomic E-state index is -0.370. The molecule has 84 valence electrons. The standard InChI is InChI=1S/C10H7N5OS/c1-6-13-10(17-15-6)14-9(16)8-3-2-7(4-11)5-12-8/h2-3,5H,1H3,(H,13,14,15,16). The molecule has 2 aromatic rings. The van der Waals surface area contributed by atoms with Crippen LogP contribution in [0.3, 0.4) is 0 Å². The number of aryl methyl sites for hydroxylation is 1. The summed E-state index contributed by atoms with van der Waals surface area (Å²) in [5.41, 5.74) is 0.644. The Labute approximate surface area is 101 Å². The minimum Gasteiger partial charge on any atom is -0.295 e. The quantitative estimate of drug-likeness (QED) is 0.862. The predicted octanol–water partition coefficient (Wildman–Crippen LogP) is 1.37. The lowest BCUT2D eigenvalue weighted by Crippen LogP contribution is -2.13. The topological polar surface area (TPSA) is 91.6 Å². The van der Waals surface area contributed by atoms with Gasteiger partial charge in [-0.1, -0.05) is 0 Å². The van der Waals surface area contributed by atoms with E-state index in [1.165, 1.54) is 18.3 Å². The van der Waals surface area contributed by atoms with Crippen molar-refractivity contribution in [3.05, 3.63) is 35.4 Å². The summed E-state index contributed by atoms with van der Waals surface area (Å²) < 4.78 is 3.94. The highest BCUT2D eigenvalue weighted by atomic mass is 32.1. The summed E-state index contributed by atoms with van der Waals surface area (Å²) in [5.74, 6) is 0.240. The minimum absolute atomic E-state index is 0.233. The van der Waals surface area contributed by atoms with Crippen LogP contribution in [0.5, 0.6) is 0 Å². The van der Waals surface area contributed by atoms with Crippen LogP contribution in [0.4, 0.5) is 5.13 Å². The Balaban J connectivity index is 2.12. The molecule has 6 nitrogen and oxygen atoms in total. The summed E-state index contributed by atoms with van der Waals surface area (Å²) in [4.78, 5) is 19.6. The van der Waals surface area contributed by atoms with Gasteiger partial charge < -0.3 is 0 Å². The first-order valence-corrected chi connectivity index (χ1v) is 5.44. The first kappa shape index (κ1) is 11.2. The number of nitrogens with one attached hydrogen (secondary N) is 1. The van der Waals surface area contributed by atoms with Gasteiger partial charge in [-0.25, -0.2) is 9.97 Å². The fraction of sp³-hybridized carbons (Fsp3) is 0.100. The second-order valence-electron chi connectivity index (χ2n) is 3.14. The molecule has 0 aliphatic heterocycles. The highest BCUT2D eigenvalue weighted by Gasteiger charge is 2.09. The molecular formula is C10H7N5OS. The fourth-order valence-electron chi connectivity index (χ4n) is 1.10. The fourth-order valence-corrected chi connectivity index (χ4v) is 1.67. The third-order valence-electron chi connectivity index (χ3n) is 1.87. The van der Waals surface area contributed by atoms with Crippen LogP contribution in [-0.4, -0.2) is 20.2 Å². The number of pyridine rings is 1. The number of nitrogens with zero attached hydrogens (tertiary/aromatic N) is 4. The van der Waals surface area contributed by atoms with Gasteiger partial charge in [0.25, 0.3) is 5.91 Å². The number of hydrogen-bond acceptors (Lipinski definition) is 6. The van der Waals surface area contributed by atoms with Gasteiger partial charge >= 0.3 is 0 Å². The third kappa shape index (κ3) is 2.62. The van der Waals surface area contributed by atoms with E-state index < -0.39 is 0 Å². The Kier molecular flexibility index (Phi) is 3.07. The number of hydrogen-bond donors (Lipinski definition) is 1. The van der Waals surface area contributed by atoms with E-state index in [1.807, 2.05) is 6.07 Å². The van der Waals surface area contributed by atoms with Gasteiger partial charge in [-0.2, -0.15) is 9.64 Å². The van der Waals surface area contributed by atoms with Crippen LogP contribution in [0.1, 0.15) is 21.9 Å². The third-order valence-corrected chi connectivity index (χ3v) is 2.60. The Bertz CT molecular complexity index is 583. The zero-order valence-electron chi connectivity index (χ0n) is 8.84. The molecule has 1 N–H and O–H groups in total. The maximum atomic E-state index is 11.7. The summed E-state index contributed by atoms with van der Waals surface area (Å²) in [5, 5.41) is 11.6. The highest BCUT2D eigenvalue weighted by Crippen LogP contribution is 2.11. The van der Waals surface area contributed by atoms with Gasteiger partial charge in [0, 0.05) is 17.7 Å². The van der Waals surface area contributed by atoms with E-state index in [0.717, 1.165) is 11.5 Å². The highest BCUT2D eigenvalue weighted by molar-refractivity contribution is 7.09. The lowest BCUT2D eigenvalue weighted by molar-refractivity contribution is 0.102. The second-order valence-corrected chi connectivity index (χ2v) is 3.90. The zero-order valence-corrected chi connectivity index (χ0v) is 9.65. The molecule has 17 heavy (non-hydrogen) atoms. The van der Waals surface area contributed by atoms with Gasteiger partial charge in [0.15, 0.2) is 0 Å². The number of amides is 1. The molecule has 0 saturated heterocycles. The maximum absolute atomic E-state index is 11.7. The van der Waals surface area contributed by atoms with Crippen molar-refractivity contribution in [2.24, 2.45) is 0 Å². The summed E-state index contributed by atoms with van der Waals surface area (Å²) in [6, 6.07) is 4.95. The average Bonchev–Trinajstić information content (AvgIpc) is 2.75. The number of rotatable bonds is 2. The van der Waals surface area contributed by atoms with Gasteiger partial charge in [0.1, 0.15) is 17.6 Å². The van der Waals surface area contributed by atoms with Crippen LogP contribution in [0, 0.1) is 18.3 Å². The number of carbonyl (C=O) groups excluding carboxylic acids is 1. The molecule has 0 saturated carbocycles. The lowest BCUT2D eigenvalue weighted by Gasteiger charge is -1.99. The van der Waals surface area contributed by atoms with E-state index >= 15 is 0 Å². The van der Waals surface area contributed by atoms with Gasteiger partial charge in [-0.15, -0.1) is 0 Å². The molecule has 0 aliphatic rings. The van der Waals surface area contributed by atoms with Crippen LogP contribution >= 0.6 is 11.5 Å². The van der Waals surface area contributed by atoms with Gasteiger partial charge in [0.2, 0.25) is 5.13 Å². The van der Waals surface area contributed by atoms with Crippen molar-refractivity contribution in [2.45, 2.75) is 6.92 Å². The lowest BCUT2D eigenvalue weighted by atomic mass is 10.2. The van der Waals surface area contributed by atoms with E-state index in [9.17, 15) is 4.79 Å². The van der Waals surface area contributed by atoms with Crippen molar-refractivity contribution in [1.82, 2.24) is 14.3 Å². The van der Waals surface area contributed by atoms with Crippen LogP contribution in [-0.2, 0) is 0 Å². The second kappa shape index (κ2) is 4.67. The van der Waals surface area contributed by atoms with Crippen LogP contribution in [0.25, 0.3) is 0 Å². The molecule has 2 rings (SSSR count). The largest absolute Gasteiger partial charge is 0.295 e. The Morgan fingerprint density at radius 1 is 1.53 bits per heavy atom. The van der Waals surface area contributed by atoms with Crippen molar-refractivity contribution in [2.75, 3.05) is 5.32 Å². The van der Waals surface area contributed by atoms with E-state index in [1.54, 1.807) is 6.92 Å². The molecule has 0 atom stereocenters. The smallest absolute Gasteiger partial charge is 0.276 e. The number of nitriles is 1. The van der Waals surface area contributed by atoms with Crippen LogP contribution in [0.2, 0.25) is 0 Å². The van der Waals surface area contributed by atoms with E-state index in [0.29, 0.717) is 16.5 Å². The number of carbonyl (C=O) groups is 1. The molecule has 0 unspecified atom stereocenters. The first-order valence-electron chi connectivity index (χ1n) is 4.67. The van der Waals surface area contributed by atoms with Gasteiger partial charge in [-0.3, -0.25) is 10.1 Å². The molecular weight excluding hydrogens is 238 g/mol. The molecule has 0 fully saturated rings.